The van der Waals surface area contributed by atoms with Crippen molar-refractivity contribution in [1.29, 1.82) is 0 Å². The van der Waals surface area contributed by atoms with Gasteiger partial charge in [-0.2, -0.15) is 0 Å². The van der Waals surface area contributed by atoms with Gasteiger partial charge in [-0.25, -0.2) is 0 Å². The summed E-state index contributed by atoms with van der Waals surface area (Å²) in [5.41, 5.74) is 8.51. The Kier molecular flexibility index (Phi) is 9.61. The van der Waals surface area contributed by atoms with Crippen molar-refractivity contribution in [3.8, 4) is 0 Å². The van der Waals surface area contributed by atoms with E-state index in [2.05, 4.69) is 79.2 Å². The molecule has 0 saturated carbocycles. The second kappa shape index (κ2) is 11.2. The normalized spacial score (nSPS) is 14.5. The van der Waals surface area contributed by atoms with Gasteiger partial charge in [-0.3, -0.25) is 0 Å². The molecular weight excluding hydrogens is 519 g/mol. The molecule has 0 bridgehead atoms. The largest absolute Gasteiger partial charge is 0.384 e. The summed E-state index contributed by atoms with van der Waals surface area (Å²) >= 11 is 12.2. The van der Waals surface area contributed by atoms with Crippen molar-refractivity contribution in [1.82, 2.24) is 0 Å². The van der Waals surface area contributed by atoms with Crippen molar-refractivity contribution in [2.75, 3.05) is 0 Å². The molecule has 2 atom stereocenters. The van der Waals surface area contributed by atoms with Crippen molar-refractivity contribution in [2.45, 2.75) is 90.0 Å². The minimum atomic E-state index is -2.22. The molecule has 0 aliphatic heterocycles. The third kappa shape index (κ3) is 6.75. The molecule has 2 aromatic rings. The van der Waals surface area contributed by atoms with E-state index in [1.165, 1.54) is 0 Å². The van der Waals surface area contributed by atoms with Gasteiger partial charge in [0.25, 0.3) is 0 Å². The minimum Gasteiger partial charge on any atom is -0.384 e. The Balaban J connectivity index is 2.95. The van der Waals surface area contributed by atoms with Crippen LogP contribution in [-0.2, 0) is 0 Å². The summed E-state index contributed by atoms with van der Waals surface area (Å²) in [5.74, 6) is 0. The van der Waals surface area contributed by atoms with Gasteiger partial charge in [-0.05, 0) is 55.9 Å². The Morgan fingerprint density at radius 2 is 0.861 bits per heavy atom. The van der Waals surface area contributed by atoms with E-state index in [0.717, 1.165) is 21.5 Å². The van der Waals surface area contributed by atoms with E-state index in [0.29, 0.717) is 10.0 Å². The van der Waals surface area contributed by atoms with E-state index in [9.17, 15) is 10.2 Å². The van der Waals surface area contributed by atoms with Gasteiger partial charge in [0.1, 0.15) is 12.2 Å². The lowest BCUT2D eigenvalue weighted by molar-refractivity contribution is 0.220. The average molecular weight is 562 g/mol. The number of rotatable bonds is 6. The molecule has 2 N–H and O–H groups in total. The molecule has 196 valence electrons. The molecule has 0 aromatic heterocycles. The van der Waals surface area contributed by atoms with Gasteiger partial charge >= 0.3 is 0 Å². The molecule has 0 fully saturated rings. The lowest BCUT2D eigenvalue weighted by atomic mass is 10.1. The van der Waals surface area contributed by atoms with Gasteiger partial charge in [-0.1, -0.05) is 127 Å². The maximum Gasteiger partial charge on any atom is 0.104 e. The lowest BCUT2D eigenvalue weighted by Gasteiger charge is -2.40. The molecule has 2 rings (SSSR count). The fourth-order valence-corrected chi connectivity index (χ4v) is 8.02. The van der Waals surface area contributed by atoms with Crippen molar-refractivity contribution < 1.29 is 10.2 Å². The zero-order chi connectivity index (χ0) is 27.7. The summed E-state index contributed by atoms with van der Waals surface area (Å²) in [4.78, 5) is 0. The molecule has 0 amide bonds. The van der Waals surface area contributed by atoms with Gasteiger partial charge < -0.3 is 10.2 Å². The SMILES string of the molecule is CC(C)(C)[Si](C)(C)C(=C=C=C([C@H](O)c1ccc(Cl)cc1)[Si](C)(C)C(C)(C)C)[C@@H](O)c1ccc(Cl)cc1. The second-order valence-corrected chi connectivity index (χ2v) is 24.2. The van der Waals surface area contributed by atoms with Gasteiger partial charge in [0.15, 0.2) is 0 Å². The highest BCUT2D eigenvalue weighted by atomic mass is 35.5. The molecule has 0 aliphatic carbocycles. The summed E-state index contributed by atoms with van der Waals surface area (Å²) in [6.45, 7) is 22.4. The quantitative estimate of drug-likeness (QED) is 0.272. The molecule has 0 unspecified atom stereocenters. The van der Waals surface area contributed by atoms with Crippen LogP contribution in [0.2, 0.25) is 46.3 Å². The zero-order valence-corrected chi connectivity index (χ0v) is 26.9. The number of aliphatic hydroxyl groups excluding tert-OH is 2. The van der Waals surface area contributed by atoms with Gasteiger partial charge in [0.2, 0.25) is 0 Å². The summed E-state index contributed by atoms with van der Waals surface area (Å²) in [7, 11) is -4.45. The predicted octanol–water partition coefficient (Wildman–Crippen LogP) is 9.46. The van der Waals surface area contributed by atoms with Crippen molar-refractivity contribution in [3.05, 3.63) is 91.6 Å². The van der Waals surface area contributed by atoms with Gasteiger partial charge in [0, 0.05) is 10.0 Å². The first kappa shape index (κ1) is 30.9. The van der Waals surface area contributed by atoms with Crippen LogP contribution in [0.25, 0.3) is 0 Å². The van der Waals surface area contributed by atoms with Crippen LogP contribution in [0.4, 0.5) is 0 Å². The number of hydrogen-bond acceptors (Lipinski definition) is 2. The molecular formula is C30H42Cl2O2Si2. The van der Waals surface area contributed by atoms with E-state index in [4.69, 9.17) is 23.2 Å². The van der Waals surface area contributed by atoms with E-state index in [1.54, 1.807) is 24.3 Å². The van der Waals surface area contributed by atoms with E-state index >= 15 is 0 Å². The molecule has 2 nitrogen and oxygen atoms in total. The zero-order valence-electron chi connectivity index (χ0n) is 23.4. The Bertz CT molecular complexity index is 1060. The Morgan fingerprint density at radius 1 is 0.611 bits per heavy atom. The Hall–Kier alpha value is -1.33. The van der Waals surface area contributed by atoms with Crippen LogP contribution in [-0.4, -0.2) is 26.4 Å². The molecule has 6 heteroatoms. The monoisotopic (exact) mass is 560 g/mol. The van der Waals surface area contributed by atoms with Crippen LogP contribution < -0.4 is 0 Å². The second-order valence-electron chi connectivity index (χ2n) is 12.7. The standard InChI is InChI=1S/C30H42Cl2O2Si2/c1-29(2,3)35(7,8)25(27(33)21-11-15-23(31)16-12-21)19-20-26(36(9,10)30(4,5)6)28(34)22-13-17-24(32)18-14-22/h11-18,27-28,33-34H,1-10H3/t27-,28+. The maximum atomic E-state index is 11.6. The highest BCUT2D eigenvalue weighted by molar-refractivity contribution is 6.87. The van der Waals surface area contributed by atoms with Crippen LogP contribution in [0, 0.1) is 0 Å². The lowest BCUT2D eigenvalue weighted by Crippen LogP contribution is -2.42. The van der Waals surface area contributed by atoms with E-state index in [-0.39, 0.29) is 10.1 Å². The third-order valence-corrected chi connectivity index (χ3v) is 19.8. The maximum absolute atomic E-state index is 11.6. The van der Waals surface area contributed by atoms with Crippen LogP contribution in [0.3, 0.4) is 0 Å². The molecule has 36 heavy (non-hydrogen) atoms. The summed E-state index contributed by atoms with van der Waals surface area (Å²) in [6.07, 6.45) is -1.66. The average Bonchev–Trinajstić information content (AvgIpc) is 2.75. The van der Waals surface area contributed by atoms with Crippen LogP contribution in [0.5, 0.6) is 0 Å². The van der Waals surface area contributed by atoms with Crippen molar-refractivity contribution in [2.24, 2.45) is 0 Å². The summed E-state index contributed by atoms with van der Waals surface area (Å²) in [6, 6.07) is 14.7. The van der Waals surface area contributed by atoms with Gasteiger partial charge in [-0.15, -0.1) is 0 Å². The first-order valence-electron chi connectivity index (χ1n) is 12.4. The first-order chi connectivity index (χ1) is 16.3. The topological polar surface area (TPSA) is 40.5 Å². The van der Waals surface area contributed by atoms with Crippen LogP contribution in [0.15, 0.2) is 70.4 Å². The van der Waals surface area contributed by atoms with E-state index < -0.39 is 28.4 Å². The first-order valence-corrected chi connectivity index (χ1v) is 19.2. The number of aliphatic hydroxyl groups is 2. The Labute approximate surface area is 230 Å². The summed E-state index contributed by atoms with van der Waals surface area (Å²) < 4.78 is 0. The Morgan fingerprint density at radius 3 is 1.08 bits per heavy atom. The number of halogens is 2. The van der Waals surface area contributed by atoms with Gasteiger partial charge in [0.05, 0.1) is 16.1 Å². The molecule has 0 heterocycles. The van der Waals surface area contributed by atoms with Crippen LogP contribution in [0.1, 0.15) is 64.9 Å². The molecule has 2 aromatic carbocycles. The minimum absolute atomic E-state index is 0.0314. The predicted molar refractivity (Wildman–Crippen MR) is 161 cm³/mol. The third-order valence-electron chi connectivity index (χ3n) is 8.35. The molecule has 0 aliphatic rings. The van der Waals surface area contributed by atoms with Crippen molar-refractivity contribution >= 4 is 39.3 Å². The van der Waals surface area contributed by atoms with Crippen LogP contribution >= 0.6 is 23.2 Å². The molecule has 0 saturated heterocycles. The fraction of sp³-hybridized carbons (Fsp3) is 0.467. The fourth-order valence-electron chi connectivity index (χ4n) is 3.70. The van der Waals surface area contributed by atoms with E-state index in [1.807, 2.05) is 24.3 Å². The van der Waals surface area contributed by atoms with Crippen molar-refractivity contribution in [3.63, 3.8) is 0 Å². The smallest absolute Gasteiger partial charge is 0.104 e. The molecule has 0 radical (unpaired) electrons. The highest BCUT2D eigenvalue weighted by Gasteiger charge is 2.43. The molecule has 0 spiro atoms. The number of hydrogen-bond donors (Lipinski definition) is 2. The number of benzene rings is 2. The highest BCUT2D eigenvalue weighted by Crippen LogP contribution is 2.46. The summed E-state index contributed by atoms with van der Waals surface area (Å²) in [5, 5.41) is 26.1.